The lowest BCUT2D eigenvalue weighted by Gasteiger charge is -2.19. The summed E-state index contributed by atoms with van der Waals surface area (Å²) in [6, 6.07) is 9.48. The van der Waals surface area contributed by atoms with Crippen molar-refractivity contribution in [1.29, 1.82) is 0 Å². The summed E-state index contributed by atoms with van der Waals surface area (Å²) < 4.78 is 11.5. The van der Waals surface area contributed by atoms with Gasteiger partial charge in [0, 0.05) is 0 Å². The van der Waals surface area contributed by atoms with Crippen LogP contribution in [0.3, 0.4) is 0 Å². The minimum atomic E-state index is -0.103. The highest BCUT2D eigenvalue weighted by Gasteiger charge is 2.19. The Morgan fingerprint density at radius 3 is 2.71 bits per heavy atom. The van der Waals surface area contributed by atoms with Crippen molar-refractivity contribution in [2.24, 2.45) is 0 Å². The zero-order chi connectivity index (χ0) is 16.9. The van der Waals surface area contributed by atoms with Gasteiger partial charge in [0.25, 0.3) is 5.91 Å². The topological polar surface area (TPSA) is 47.6 Å². The maximum Gasteiger partial charge on any atom is 0.261 e. The molecule has 4 nitrogen and oxygen atoms in total. The van der Waals surface area contributed by atoms with Crippen LogP contribution in [0.1, 0.15) is 53.9 Å². The molecule has 0 radical (unpaired) electrons. The van der Waals surface area contributed by atoms with Gasteiger partial charge in [-0.1, -0.05) is 12.1 Å². The first-order valence-corrected chi connectivity index (χ1v) is 9.24. The zero-order valence-electron chi connectivity index (χ0n) is 14.1. The number of amides is 1. The summed E-state index contributed by atoms with van der Waals surface area (Å²) in [7, 11) is 1.65. The van der Waals surface area contributed by atoms with Crippen LogP contribution in [-0.4, -0.2) is 19.1 Å². The Labute approximate surface area is 146 Å². The molecule has 1 aromatic heterocycles. The van der Waals surface area contributed by atoms with Gasteiger partial charge in [-0.05, 0) is 61.7 Å². The Balaban J connectivity index is 1.69. The summed E-state index contributed by atoms with van der Waals surface area (Å²) in [5.41, 5.74) is 0.996. The molecule has 1 saturated carbocycles. The quantitative estimate of drug-likeness (QED) is 0.834. The molecular formula is C19H23NO3S. The molecule has 1 amide bonds. The lowest BCUT2D eigenvalue weighted by molar-refractivity contribution is 0.0944. The minimum Gasteiger partial charge on any atom is -0.493 e. The number of methoxy groups -OCH3 is 1. The third-order valence-electron chi connectivity index (χ3n) is 4.38. The Morgan fingerprint density at radius 1 is 1.25 bits per heavy atom. The van der Waals surface area contributed by atoms with E-state index in [-0.39, 0.29) is 11.9 Å². The van der Waals surface area contributed by atoms with Gasteiger partial charge in [-0.25, -0.2) is 0 Å². The van der Waals surface area contributed by atoms with Crippen LogP contribution < -0.4 is 14.8 Å². The second kappa shape index (κ2) is 7.71. The fraction of sp³-hybridized carbons (Fsp3) is 0.421. The van der Waals surface area contributed by atoms with Gasteiger partial charge < -0.3 is 14.8 Å². The van der Waals surface area contributed by atoms with E-state index in [1.165, 1.54) is 24.2 Å². The molecular weight excluding hydrogens is 322 g/mol. The second-order valence-corrected chi connectivity index (χ2v) is 7.05. The molecule has 2 aromatic rings. The van der Waals surface area contributed by atoms with E-state index in [0.717, 1.165) is 34.8 Å². The van der Waals surface area contributed by atoms with Crippen LogP contribution in [0.15, 0.2) is 35.7 Å². The first kappa shape index (κ1) is 16.8. The number of ether oxygens (including phenoxy) is 2. The maximum atomic E-state index is 12.2. The van der Waals surface area contributed by atoms with E-state index >= 15 is 0 Å². The molecule has 24 heavy (non-hydrogen) atoms. The number of hydrogen-bond donors (Lipinski definition) is 1. The molecule has 1 fully saturated rings. The molecule has 3 rings (SSSR count). The van der Waals surface area contributed by atoms with Crippen LogP contribution in [0.5, 0.6) is 11.5 Å². The monoisotopic (exact) mass is 345 g/mol. The van der Waals surface area contributed by atoms with E-state index < -0.39 is 0 Å². The number of carbonyl (C=O) groups excluding carboxylic acids is 1. The van der Waals surface area contributed by atoms with Gasteiger partial charge in [0.2, 0.25) is 0 Å². The molecule has 128 valence electrons. The standard InChI is InChI=1S/C19H23NO3S/c1-13(20-19(21)18-8-5-11-24-18)14-9-10-16(17(12-14)22-2)23-15-6-3-4-7-15/h5,8-13,15H,3-4,6-7H2,1-2H3,(H,20,21). The van der Waals surface area contributed by atoms with Crippen LogP contribution in [0.25, 0.3) is 0 Å². The number of carbonyl (C=O) groups is 1. The SMILES string of the molecule is COc1cc(C(C)NC(=O)c2cccs2)ccc1OC1CCCC1. The third-order valence-corrected chi connectivity index (χ3v) is 5.24. The van der Waals surface area contributed by atoms with Crippen LogP contribution in [0, 0.1) is 0 Å². The molecule has 0 spiro atoms. The average molecular weight is 345 g/mol. The van der Waals surface area contributed by atoms with E-state index in [1.807, 2.05) is 42.6 Å². The van der Waals surface area contributed by atoms with Gasteiger partial charge in [0.1, 0.15) is 0 Å². The van der Waals surface area contributed by atoms with Crippen molar-refractivity contribution in [3.8, 4) is 11.5 Å². The van der Waals surface area contributed by atoms with Crippen molar-refractivity contribution < 1.29 is 14.3 Å². The maximum absolute atomic E-state index is 12.2. The highest BCUT2D eigenvalue weighted by molar-refractivity contribution is 7.12. The fourth-order valence-electron chi connectivity index (χ4n) is 3.00. The number of hydrogen-bond acceptors (Lipinski definition) is 4. The van der Waals surface area contributed by atoms with Gasteiger partial charge in [-0.15, -0.1) is 11.3 Å². The molecule has 1 aromatic carbocycles. The Hall–Kier alpha value is -2.01. The summed E-state index contributed by atoms with van der Waals surface area (Å²) in [6.45, 7) is 1.97. The largest absolute Gasteiger partial charge is 0.493 e. The van der Waals surface area contributed by atoms with Crippen molar-refractivity contribution in [3.63, 3.8) is 0 Å². The van der Waals surface area contributed by atoms with E-state index in [1.54, 1.807) is 7.11 Å². The first-order chi connectivity index (χ1) is 11.7. The summed E-state index contributed by atoms with van der Waals surface area (Å²) >= 11 is 1.44. The summed E-state index contributed by atoms with van der Waals surface area (Å²) in [5.74, 6) is 1.45. The van der Waals surface area contributed by atoms with E-state index in [2.05, 4.69) is 5.32 Å². The Bertz CT molecular complexity index is 678. The molecule has 5 heteroatoms. The predicted molar refractivity (Wildman–Crippen MR) is 96.1 cm³/mol. The van der Waals surface area contributed by atoms with Gasteiger partial charge >= 0.3 is 0 Å². The van der Waals surface area contributed by atoms with E-state index in [9.17, 15) is 4.79 Å². The molecule has 0 bridgehead atoms. The fourth-order valence-corrected chi connectivity index (χ4v) is 3.62. The smallest absolute Gasteiger partial charge is 0.261 e. The second-order valence-electron chi connectivity index (χ2n) is 6.11. The molecule has 0 aliphatic heterocycles. The van der Waals surface area contributed by atoms with Crippen LogP contribution >= 0.6 is 11.3 Å². The first-order valence-electron chi connectivity index (χ1n) is 8.36. The van der Waals surface area contributed by atoms with Gasteiger partial charge in [-0.3, -0.25) is 4.79 Å². The summed E-state index contributed by atoms with van der Waals surface area (Å²) in [5, 5.41) is 4.92. The van der Waals surface area contributed by atoms with Crippen LogP contribution in [-0.2, 0) is 0 Å². The Kier molecular flexibility index (Phi) is 5.41. The zero-order valence-corrected chi connectivity index (χ0v) is 14.9. The van der Waals surface area contributed by atoms with Crippen LogP contribution in [0.4, 0.5) is 0 Å². The molecule has 1 aliphatic rings. The normalized spacial score (nSPS) is 15.9. The Morgan fingerprint density at radius 2 is 2.04 bits per heavy atom. The summed E-state index contributed by atoms with van der Waals surface area (Å²) in [6.07, 6.45) is 4.98. The third kappa shape index (κ3) is 3.90. The van der Waals surface area contributed by atoms with E-state index in [4.69, 9.17) is 9.47 Å². The minimum absolute atomic E-state index is 0.0530. The molecule has 1 atom stereocenters. The molecule has 1 heterocycles. The number of benzene rings is 1. The van der Waals surface area contributed by atoms with Gasteiger partial charge in [0.15, 0.2) is 11.5 Å². The van der Waals surface area contributed by atoms with E-state index in [0.29, 0.717) is 6.10 Å². The highest BCUT2D eigenvalue weighted by atomic mass is 32.1. The van der Waals surface area contributed by atoms with Crippen molar-refractivity contribution in [2.45, 2.75) is 44.8 Å². The molecule has 1 unspecified atom stereocenters. The summed E-state index contributed by atoms with van der Waals surface area (Å²) in [4.78, 5) is 12.9. The number of rotatable bonds is 6. The number of thiophene rings is 1. The van der Waals surface area contributed by atoms with Crippen molar-refractivity contribution in [3.05, 3.63) is 46.2 Å². The van der Waals surface area contributed by atoms with Gasteiger partial charge in [0.05, 0.1) is 24.1 Å². The molecule has 0 saturated heterocycles. The number of nitrogens with one attached hydrogen (secondary N) is 1. The molecule has 1 aliphatic carbocycles. The molecule has 1 N–H and O–H groups in total. The van der Waals surface area contributed by atoms with Crippen molar-refractivity contribution in [2.75, 3.05) is 7.11 Å². The average Bonchev–Trinajstić information content (AvgIpc) is 3.28. The lowest BCUT2D eigenvalue weighted by atomic mass is 10.1. The predicted octanol–water partition coefficient (Wildman–Crippen LogP) is 4.57. The van der Waals surface area contributed by atoms with Crippen molar-refractivity contribution >= 4 is 17.2 Å². The van der Waals surface area contributed by atoms with Crippen LogP contribution in [0.2, 0.25) is 0 Å². The van der Waals surface area contributed by atoms with Crippen molar-refractivity contribution in [1.82, 2.24) is 5.32 Å². The highest BCUT2D eigenvalue weighted by Crippen LogP contribution is 2.33. The lowest BCUT2D eigenvalue weighted by Crippen LogP contribution is -2.25. The van der Waals surface area contributed by atoms with Gasteiger partial charge in [-0.2, -0.15) is 0 Å².